The smallest absolute Gasteiger partial charge is 0.269 e. The predicted octanol–water partition coefficient (Wildman–Crippen LogP) is 3.96. The first kappa shape index (κ1) is 18.5. The molecule has 28 heavy (non-hydrogen) atoms. The largest absolute Gasteiger partial charge is 0.366 e. The number of carbonyl (C=O) groups excluding carboxylic acids is 1. The number of rotatable bonds is 4. The molecule has 0 aliphatic carbocycles. The van der Waals surface area contributed by atoms with Gasteiger partial charge in [0.1, 0.15) is 0 Å². The number of piperidine rings is 1. The highest BCUT2D eigenvalue weighted by Gasteiger charge is 2.35. The number of anilines is 1. The second-order valence-electron chi connectivity index (χ2n) is 7.81. The molecule has 0 aromatic heterocycles. The van der Waals surface area contributed by atoms with Gasteiger partial charge in [0, 0.05) is 56.8 Å². The first-order chi connectivity index (χ1) is 13.5. The third-order valence-corrected chi connectivity index (χ3v) is 6.17. The van der Waals surface area contributed by atoms with Crippen molar-refractivity contribution in [2.45, 2.75) is 32.2 Å². The molecule has 6 heteroatoms. The summed E-state index contributed by atoms with van der Waals surface area (Å²) in [6.45, 7) is 5.05. The van der Waals surface area contributed by atoms with Crippen LogP contribution in [0, 0.1) is 16.0 Å². The SMILES string of the molecule is CC(=O)N1CCC(C2CN(Cc3ccc([N+](=O)[O-])cc3)c3ccccc32)CC1. The Morgan fingerprint density at radius 2 is 1.79 bits per heavy atom. The van der Waals surface area contributed by atoms with Gasteiger partial charge >= 0.3 is 0 Å². The topological polar surface area (TPSA) is 66.7 Å². The number of hydrogen-bond acceptors (Lipinski definition) is 4. The molecule has 1 atom stereocenters. The Labute approximate surface area is 164 Å². The number of carbonyl (C=O) groups is 1. The van der Waals surface area contributed by atoms with Crippen molar-refractivity contribution in [2.24, 2.45) is 5.92 Å². The zero-order chi connectivity index (χ0) is 19.7. The molecule has 1 unspecified atom stereocenters. The fraction of sp³-hybridized carbons (Fsp3) is 0.409. The van der Waals surface area contributed by atoms with Crippen molar-refractivity contribution in [3.05, 3.63) is 69.8 Å². The van der Waals surface area contributed by atoms with Gasteiger partial charge in [-0.1, -0.05) is 30.3 Å². The lowest BCUT2D eigenvalue weighted by molar-refractivity contribution is -0.384. The maximum Gasteiger partial charge on any atom is 0.269 e. The van der Waals surface area contributed by atoms with Gasteiger partial charge in [-0.3, -0.25) is 14.9 Å². The van der Waals surface area contributed by atoms with E-state index in [0.717, 1.165) is 44.6 Å². The van der Waals surface area contributed by atoms with Crippen molar-refractivity contribution in [2.75, 3.05) is 24.5 Å². The predicted molar refractivity (Wildman–Crippen MR) is 108 cm³/mol. The molecule has 0 radical (unpaired) electrons. The van der Waals surface area contributed by atoms with Gasteiger partial charge in [0.05, 0.1) is 4.92 Å². The average molecular weight is 379 g/mol. The van der Waals surface area contributed by atoms with Crippen LogP contribution in [0.4, 0.5) is 11.4 Å². The Bertz CT molecular complexity index is 873. The van der Waals surface area contributed by atoms with Gasteiger partial charge in [-0.15, -0.1) is 0 Å². The quantitative estimate of drug-likeness (QED) is 0.596. The fourth-order valence-electron chi connectivity index (χ4n) is 4.64. The van der Waals surface area contributed by atoms with Crippen molar-refractivity contribution in [1.29, 1.82) is 0 Å². The Kier molecular flexibility index (Phi) is 5.03. The highest BCUT2D eigenvalue weighted by atomic mass is 16.6. The summed E-state index contributed by atoms with van der Waals surface area (Å²) < 4.78 is 0. The van der Waals surface area contributed by atoms with E-state index < -0.39 is 0 Å². The van der Waals surface area contributed by atoms with E-state index in [0.29, 0.717) is 11.8 Å². The lowest BCUT2D eigenvalue weighted by atomic mass is 9.81. The number of hydrogen-bond donors (Lipinski definition) is 0. The third-order valence-electron chi connectivity index (χ3n) is 6.17. The number of amides is 1. The number of nitro groups is 1. The molecule has 1 saturated heterocycles. The van der Waals surface area contributed by atoms with Crippen LogP contribution >= 0.6 is 0 Å². The fourth-order valence-corrected chi connectivity index (χ4v) is 4.64. The molecule has 2 aromatic carbocycles. The van der Waals surface area contributed by atoms with E-state index in [2.05, 4.69) is 29.2 Å². The van der Waals surface area contributed by atoms with Gasteiger partial charge in [-0.2, -0.15) is 0 Å². The minimum Gasteiger partial charge on any atom is -0.366 e. The van der Waals surface area contributed by atoms with Gasteiger partial charge in [0.15, 0.2) is 0 Å². The molecule has 0 saturated carbocycles. The number of non-ortho nitro benzene ring substituents is 1. The van der Waals surface area contributed by atoms with E-state index in [1.54, 1.807) is 19.1 Å². The highest BCUT2D eigenvalue weighted by molar-refractivity contribution is 5.73. The summed E-state index contributed by atoms with van der Waals surface area (Å²) >= 11 is 0. The summed E-state index contributed by atoms with van der Waals surface area (Å²) in [7, 11) is 0. The van der Waals surface area contributed by atoms with Crippen LogP contribution in [0.5, 0.6) is 0 Å². The number of nitro benzene ring substituents is 1. The molecule has 1 fully saturated rings. The summed E-state index contributed by atoms with van der Waals surface area (Å²) in [6, 6.07) is 15.4. The maximum absolute atomic E-state index is 11.6. The van der Waals surface area contributed by atoms with E-state index in [9.17, 15) is 14.9 Å². The number of likely N-dealkylation sites (tertiary alicyclic amines) is 1. The van der Waals surface area contributed by atoms with Crippen molar-refractivity contribution in [3.8, 4) is 0 Å². The van der Waals surface area contributed by atoms with Crippen LogP contribution in [0.2, 0.25) is 0 Å². The van der Waals surface area contributed by atoms with Crippen LogP contribution in [0.25, 0.3) is 0 Å². The van der Waals surface area contributed by atoms with Gasteiger partial charge in [-0.25, -0.2) is 0 Å². The molecule has 1 amide bonds. The molecule has 4 rings (SSSR count). The second-order valence-corrected chi connectivity index (χ2v) is 7.81. The molecule has 0 spiro atoms. The van der Waals surface area contributed by atoms with Crippen LogP contribution < -0.4 is 4.90 Å². The number of nitrogens with zero attached hydrogens (tertiary/aromatic N) is 3. The first-order valence-corrected chi connectivity index (χ1v) is 9.85. The molecule has 2 heterocycles. The Balaban J connectivity index is 1.50. The average Bonchev–Trinajstić information content (AvgIpc) is 3.07. The van der Waals surface area contributed by atoms with E-state index in [4.69, 9.17) is 0 Å². The molecule has 2 aliphatic rings. The number of para-hydroxylation sites is 1. The number of fused-ring (bicyclic) bond motifs is 1. The van der Waals surface area contributed by atoms with Crippen molar-refractivity contribution >= 4 is 17.3 Å². The zero-order valence-corrected chi connectivity index (χ0v) is 16.1. The third kappa shape index (κ3) is 3.59. The van der Waals surface area contributed by atoms with Crippen LogP contribution in [-0.4, -0.2) is 35.4 Å². The molecule has 0 N–H and O–H groups in total. The van der Waals surface area contributed by atoms with Crippen molar-refractivity contribution in [1.82, 2.24) is 4.90 Å². The van der Waals surface area contributed by atoms with Gasteiger partial charge in [-0.05, 0) is 36.0 Å². The summed E-state index contributed by atoms with van der Waals surface area (Å²) in [4.78, 5) is 26.5. The Morgan fingerprint density at radius 3 is 2.43 bits per heavy atom. The van der Waals surface area contributed by atoms with E-state index in [1.165, 1.54) is 11.3 Å². The minimum absolute atomic E-state index is 0.126. The molecular formula is C22H25N3O3. The molecule has 146 valence electrons. The minimum atomic E-state index is -0.363. The van der Waals surface area contributed by atoms with Crippen LogP contribution in [0.15, 0.2) is 48.5 Å². The first-order valence-electron chi connectivity index (χ1n) is 9.85. The van der Waals surface area contributed by atoms with Gasteiger partial charge in [0.2, 0.25) is 5.91 Å². The highest BCUT2D eigenvalue weighted by Crippen LogP contribution is 2.44. The van der Waals surface area contributed by atoms with Crippen LogP contribution in [0.1, 0.15) is 36.8 Å². The normalized spacial score (nSPS) is 19.5. The molecule has 2 aliphatic heterocycles. The zero-order valence-electron chi connectivity index (χ0n) is 16.1. The second kappa shape index (κ2) is 7.62. The molecule has 2 aromatic rings. The monoisotopic (exact) mass is 379 g/mol. The summed E-state index contributed by atoms with van der Waals surface area (Å²) in [5.41, 5.74) is 3.86. The molecule has 0 bridgehead atoms. The lowest BCUT2D eigenvalue weighted by Gasteiger charge is -2.34. The summed E-state index contributed by atoms with van der Waals surface area (Å²) in [6.07, 6.45) is 2.09. The lowest BCUT2D eigenvalue weighted by Crippen LogP contribution is -2.39. The summed E-state index contributed by atoms with van der Waals surface area (Å²) in [5, 5.41) is 10.9. The Morgan fingerprint density at radius 1 is 1.11 bits per heavy atom. The van der Waals surface area contributed by atoms with E-state index in [-0.39, 0.29) is 16.5 Å². The number of benzene rings is 2. The molecular weight excluding hydrogens is 354 g/mol. The van der Waals surface area contributed by atoms with Crippen molar-refractivity contribution < 1.29 is 9.72 Å². The molecule has 6 nitrogen and oxygen atoms in total. The van der Waals surface area contributed by atoms with E-state index in [1.807, 2.05) is 17.0 Å². The summed E-state index contributed by atoms with van der Waals surface area (Å²) in [5.74, 6) is 1.23. The Hall–Kier alpha value is -2.89. The van der Waals surface area contributed by atoms with Crippen molar-refractivity contribution in [3.63, 3.8) is 0 Å². The maximum atomic E-state index is 11.6. The van der Waals surface area contributed by atoms with Crippen LogP contribution in [0.3, 0.4) is 0 Å². The standard InChI is InChI=1S/C22H25N3O3/c1-16(26)23-12-10-18(11-13-23)21-15-24(22-5-3-2-4-20(21)22)14-17-6-8-19(9-7-17)25(27)28/h2-9,18,21H,10-15H2,1H3. The van der Waals surface area contributed by atoms with E-state index >= 15 is 0 Å². The van der Waals surface area contributed by atoms with Gasteiger partial charge < -0.3 is 9.80 Å². The van der Waals surface area contributed by atoms with Crippen LogP contribution in [-0.2, 0) is 11.3 Å². The van der Waals surface area contributed by atoms with Gasteiger partial charge in [0.25, 0.3) is 5.69 Å².